The number of ether oxygens (including phenoxy) is 1. The zero-order valence-corrected chi connectivity index (χ0v) is 25.7. The van der Waals surface area contributed by atoms with E-state index in [1.807, 2.05) is 12.1 Å². The van der Waals surface area contributed by atoms with E-state index in [1.165, 1.54) is 4.90 Å². The second-order valence-electron chi connectivity index (χ2n) is 12.4. The summed E-state index contributed by atoms with van der Waals surface area (Å²) < 4.78 is 44.1. The van der Waals surface area contributed by atoms with Crippen LogP contribution in [-0.2, 0) is 37.0 Å². The molecule has 2 fully saturated rings. The summed E-state index contributed by atoms with van der Waals surface area (Å²) >= 11 is 6.28. The van der Waals surface area contributed by atoms with Crippen LogP contribution in [0.25, 0.3) is 0 Å². The number of rotatable bonds is 5. The monoisotopic (exact) mass is 668 g/mol. The Bertz CT molecular complexity index is 1420. The number of nitrogens with zero attached hydrogens (tertiary/aromatic N) is 2. The highest BCUT2D eigenvalue weighted by molar-refractivity contribution is 6.31. The average Bonchev–Trinajstić information content (AvgIpc) is 3.30. The van der Waals surface area contributed by atoms with E-state index in [0.717, 1.165) is 16.0 Å². The lowest BCUT2D eigenvalue weighted by Crippen LogP contribution is -2.56. The largest absolute Gasteiger partial charge is 0.479 e. The number of halogens is 4. The molecule has 4 aliphatic rings. The Morgan fingerprint density at radius 3 is 2.65 bits per heavy atom. The van der Waals surface area contributed by atoms with Crippen LogP contribution in [0.1, 0.15) is 68.9 Å². The van der Waals surface area contributed by atoms with E-state index in [9.17, 15) is 42.3 Å². The molecule has 1 aromatic rings. The Hall–Kier alpha value is -3.81. The van der Waals surface area contributed by atoms with Crippen LogP contribution in [0.2, 0.25) is 5.02 Å². The van der Waals surface area contributed by atoms with Crippen molar-refractivity contribution in [2.45, 2.75) is 101 Å². The van der Waals surface area contributed by atoms with Gasteiger partial charge in [-0.2, -0.15) is 13.2 Å². The zero-order chi connectivity index (χ0) is 33.2. The molecule has 4 amide bonds. The van der Waals surface area contributed by atoms with Gasteiger partial charge in [-0.3, -0.25) is 19.3 Å². The predicted molar refractivity (Wildman–Crippen MR) is 157 cm³/mol. The molecule has 5 atom stereocenters. The quantitative estimate of drug-likeness (QED) is 0.401. The number of fused-ring (bicyclic) bond motifs is 3. The second-order valence-corrected chi connectivity index (χ2v) is 12.8. The van der Waals surface area contributed by atoms with E-state index >= 15 is 0 Å². The minimum absolute atomic E-state index is 0.115. The molecule has 5 rings (SSSR count). The number of allylic oxidation sites excluding steroid dienone is 1. The molecule has 15 heteroatoms. The van der Waals surface area contributed by atoms with Crippen LogP contribution in [0.4, 0.5) is 18.0 Å². The topological polar surface area (TPSA) is 145 Å². The average molecular weight is 669 g/mol. The molecule has 1 saturated carbocycles. The summed E-state index contributed by atoms with van der Waals surface area (Å²) in [5, 5.41) is 15.5. The molecule has 1 saturated heterocycles. The molecule has 46 heavy (non-hydrogen) atoms. The molecular formula is C31H36ClF3N4O7. The summed E-state index contributed by atoms with van der Waals surface area (Å²) in [6, 6.07) is 2.83. The number of alkyl halides is 3. The van der Waals surface area contributed by atoms with E-state index in [2.05, 4.69) is 10.6 Å². The fourth-order valence-electron chi connectivity index (χ4n) is 6.40. The summed E-state index contributed by atoms with van der Waals surface area (Å²) in [4.78, 5) is 68.1. The minimum Gasteiger partial charge on any atom is -0.479 e. The van der Waals surface area contributed by atoms with Gasteiger partial charge in [0.2, 0.25) is 17.7 Å². The molecule has 0 spiro atoms. The zero-order valence-electron chi connectivity index (χ0n) is 25.0. The van der Waals surface area contributed by atoms with Crippen LogP contribution in [0.3, 0.4) is 0 Å². The number of aliphatic carboxylic acids is 1. The smallest absolute Gasteiger partial charge is 0.410 e. The molecule has 0 radical (unpaired) electrons. The number of carbonyl (C=O) groups excluding carboxylic acids is 4. The van der Waals surface area contributed by atoms with Gasteiger partial charge in [-0.15, -0.1) is 0 Å². The molecule has 3 heterocycles. The van der Waals surface area contributed by atoms with E-state index in [4.69, 9.17) is 16.3 Å². The van der Waals surface area contributed by atoms with Gasteiger partial charge < -0.3 is 25.4 Å². The summed E-state index contributed by atoms with van der Waals surface area (Å²) in [6.07, 6.45) is -2.24. The first-order chi connectivity index (χ1) is 21.8. The first kappa shape index (κ1) is 33.6. The van der Waals surface area contributed by atoms with Gasteiger partial charge in [-0.1, -0.05) is 48.7 Å². The molecule has 0 unspecified atom stereocenters. The molecule has 3 N–H and O–H groups in total. The van der Waals surface area contributed by atoms with Crippen molar-refractivity contribution < 1.29 is 47.0 Å². The third-order valence-electron chi connectivity index (χ3n) is 9.04. The van der Waals surface area contributed by atoms with E-state index in [1.54, 1.807) is 18.2 Å². The number of hydrogen-bond acceptors (Lipinski definition) is 6. The van der Waals surface area contributed by atoms with Crippen molar-refractivity contribution in [2.24, 2.45) is 5.92 Å². The highest BCUT2D eigenvalue weighted by Gasteiger charge is 2.61. The van der Waals surface area contributed by atoms with Crippen LogP contribution in [0, 0.1) is 5.92 Å². The Morgan fingerprint density at radius 1 is 1.15 bits per heavy atom. The highest BCUT2D eigenvalue weighted by Crippen LogP contribution is 2.45. The Balaban J connectivity index is 1.36. The van der Waals surface area contributed by atoms with Crippen molar-refractivity contribution in [1.29, 1.82) is 0 Å². The predicted octanol–water partition coefficient (Wildman–Crippen LogP) is 4.07. The number of amides is 4. The maximum atomic E-state index is 13.9. The lowest BCUT2D eigenvalue weighted by atomic mass is 10.0. The molecule has 1 aliphatic carbocycles. The summed E-state index contributed by atoms with van der Waals surface area (Å²) in [5.41, 5.74) is 0.0864. The van der Waals surface area contributed by atoms with Crippen molar-refractivity contribution in [3.8, 4) is 0 Å². The third kappa shape index (κ3) is 7.59. The van der Waals surface area contributed by atoms with Gasteiger partial charge in [0.15, 0.2) is 0 Å². The van der Waals surface area contributed by atoms with Crippen LogP contribution >= 0.6 is 11.6 Å². The molecule has 0 bridgehead atoms. The van der Waals surface area contributed by atoms with Gasteiger partial charge in [0, 0.05) is 30.3 Å². The first-order valence-corrected chi connectivity index (χ1v) is 15.8. The van der Waals surface area contributed by atoms with Crippen molar-refractivity contribution in [2.75, 3.05) is 6.54 Å². The SMILES string of the molecule is O=C(CCC(F)(F)F)N[C@H]1CCCCC/C=C\[C@H]2C[C@]2(C(=O)O)NC(=O)[C@@H]2C[C@@H](OC(=O)N3Cc4cccc(Cl)c4C3)CN2C1=O. The van der Waals surface area contributed by atoms with Crippen LogP contribution < -0.4 is 10.6 Å². The summed E-state index contributed by atoms with van der Waals surface area (Å²) in [5.74, 6) is -4.10. The lowest BCUT2D eigenvalue weighted by Gasteiger charge is -2.29. The second kappa shape index (κ2) is 13.5. The Labute approximate surface area is 268 Å². The van der Waals surface area contributed by atoms with Crippen LogP contribution in [0.15, 0.2) is 30.4 Å². The molecule has 11 nitrogen and oxygen atoms in total. The third-order valence-corrected chi connectivity index (χ3v) is 9.40. The number of nitrogens with one attached hydrogen (secondary N) is 2. The number of carboxylic acid groups (broad SMARTS) is 1. The van der Waals surface area contributed by atoms with Gasteiger partial charge in [0.1, 0.15) is 23.7 Å². The van der Waals surface area contributed by atoms with E-state index < -0.39 is 78.4 Å². The fourth-order valence-corrected chi connectivity index (χ4v) is 6.65. The van der Waals surface area contributed by atoms with Crippen molar-refractivity contribution in [3.05, 3.63) is 46.5 Å². The molecular weight excluding hydrogens is 633 g/mol. The Morgan fingerprint density at radius 2 is 1.93 bits per heavy atom. The number of benzene rings is 1. The molecule has 250 valence electrons. The summed E-state index contributed by atoms with van der Waals surface area (Å²) in [7, 11) is 0. The summed E-state index contributed by atoms with van der Waals surface area (Å²) in [6.45, 7) is 0.216. The van der Waals surface area contributed by atoms with Gasteiger partial charge in [-0.25, -0.2) is 9.59 Å². The normalized spacial score (nSPS) is 29.0. The van der Waals surface area contributed by atoms with E-state index in [-0.39, 0.29) is 38.9 Å². The first-order valence-electron chi connectivity index (χ1n) is 15.4. The van der Waals surface area contributed by atoms with Crippen LogP contribution in [0.5, 0.6) is 0 Å². The number of hydrogen-bond donors (Lipinski definition) is 3. The van der Waals surface area contributed by atoms with Crippen LogP contribution in [-0.4, -0.2) is 81.1 Å². The molecule has 3 aliphatic heterocycles. The fraction of sp³-hybridized carbons (Fsp3) is 0.581. The van der Waals surface area contributed by atoms with Gasteiger partial charge in [0.25, 0.3) is 0 Å². The Kier molecular flexibility index (Phi) is 9.85. The standard InChI is InChI=1S/C31H36ClF3N4O7/c32-22-9-6-7-18-15-38(17-21(18)22)29(45)46-20-13-24-26(41)37-30(28(43)44)14-19(30)8-4-2-1-3-5-10-23(27(42)39(24)16-20)36-25(40)11-12-31(33,34)35/h4,6-9,19-20,23-24H,1-3,5,10-17H2,(H,36,40)(H,37,41)(H,43,44)/b8-4-/t19-,20+,23-,24-,30-/m0/s1. The van der Waals surface area contributed by atoms with Crippen molar-refractivity contribution >= 4 is 41.4 Å². The van der Waals surface area contributed by atoms with Gasteiger partial charge in [-0.05, 0) is 42.9 Å². The van der Waals surface area contributed by atoms with Crippen molar-refractivity contribution in [3.63, 3.8) is 0 Å². The number of carboxylic acids is 1. The minimum atomic E-state index is -4.56. The maximum absolute atomic E-state index is 13.9. The van der Waals surface area contributed by atoms with Gasteiger partial charge >= 0.3 is 18.2 Å². The van der Waals surface area contributed by atoms with E-state index in [0.29, 0.717) is 30.7 Å². The lowest BCUT2D eigenvalue weighted by molar-refractivity contribution is -0.147. The number of carbonyl (C=O) groups is 5. The highest BCUT2D eigenvalue weighted by atomic mass is 35.5. The van der Waals surface area contributed by atoms with Crippen molar-refractivity contribution in [1.82, 2.24) is 20.4 Å². The molecule has 0 aromatic heterocycles. The molecule has 1 aromatic carbocycles. The maximum Gasteiger partial charge on any atom is 0.410 e. The van der Waals surface area contributed by atoms with Gasteiger partial charge in [0.05, 0.1) is 19.5 Å².